The molecular formula is C16H27N5O. The molecule has 0 aliphatic carbocycles. The van der Waals surface area contributed by atoms with E-state index in [4.69, 9.17) is 0 Å². The number of rotatable bonds is 3. The number of carbonyl (C=O) groups is 1. The number of carbonyl (C=O) groups excluding carboxylic acids is 1. The fourth-order valence-corrected chi connectivity index (χ4v) is 3.61. The third kappa shape index (κ3) is 3.67. The smallest absolute Gasteiger partial charge is 0.272 e. The lowest BCUT2D eigenvalue weighted by atomic mass is 9.98. The second kappa shape index (κ2) is 6.79. The molecule has 2 saturated heterocycles. The predicted octanol–water partition coefficient (Wildman–Crippen LogP) is 1.01. The highest BCUT2D eigenvalue weighted by Gasteiger charge is 2.29. The van der Waals surface area contributed by atoms with Gasteiger partial charge in [-0.3, -0.25) is 14.8 Å². The number of H-pyrrole nitrogens is 1. The van der Waals surface area contributed by atoms with Crippen LogP contribution in [-0.4, -0.2) is 71.2 Å². The molecule has 2 aliphatic rings. The third-order valence-corrected chi connectivity index (χ3v) is 4.93. The highest BCUT2D eigenvalue weighted by atomic mass is 16.2. The van der Waals surface area contributed by atoms with Crippen LogP contribution in [0.2, 0.25) is 0 Å². The molecule has 2 N–H and O–H groups in total. The lowest BCUT2D eigenvalue weighted by Gasteiger charge is -2.41. The summed E-state index contributed by atoms with van der Waals surface area (Å²) in [6, 6.07) is 2.73. The second-order valence-electron chi connectivity index (χ2n) is 6.78. The van der Waals surface area contributed by atoms with Gasteiger partial charge in [-0.1, -0.05) is 0 Å². The fraction of sp³-hybridized carbons (Fsp3) is 0.750. The van der Waals surface area contributed by atoms with Gasteiger partial charge in [0.05, 0.1) is 0 Å². The zero-order valence-electron chi connectivity index (χ0n) is 13.6. The van der Waals surface area contributed by atoms with Crippen LogP contribution >= 0.6 is 0 Å². The Morgan fingerprint density at radius 2 is 2.09 bits per heavy atom. The van der Waals surface area contributed by atoms with Crippen molar-refractivity contribution in [2.75, 3.05) is 33.2 Å². The van der Waals surface area contributed by atoms with Gasteiger partial charge >= 0.3 is 0 Å². The van der Waals surface area contributed by atoms with Crippen LogP contribution in [0.15, 0.2) is 6.07 Å². The minimum atomic E-state index is -0.0559. The summed E-state index contributed by atoms with van der Waals surface area (Å²) in [6.45, 7) is 6.42. The second-order valence-corrected chi connectivity index (χ2v) is 6.78. The molecule has 1 atom stereocenters. The van der Waals surface area contributed by atoms with Crippen molar-refractivity contribution in [3.8, 4) is 0 Å². The highest BCUT2D eigenvalue weighted by Crippen LogP contribution is 2.20. The van der Waals surface area contributed by atoms with Crippen LogP contribution in [0.25, 0.3) is 0 Å². The molecule has 0 saturated carbocycles. The van der Waals surface area contributed by atoms with Crippen LogP contribution in [0.3, 0.4) is 0 Å². The van der Waals surface area contributed by atoms with Gasteiger partial charge < -0.3 is 10.2 Å². The SMILES string of the molecule is Cc1cc(C(=O)NC2CCCN(C3CCN(C)CC3)C2)n[nH]1. The summed E-state index contributed by atoms with van der Waals surface area (Å²) >= 11 is 0. The van der Waals surface area contributed by atoms with E-state index in [1.54, 1.807) is 6.07 Å². The summed E-state index contributed by atoms with van der Waals surface area (Å²) in [5, 5.41) is 10.0. The molecule has 6 heteroatoms. The molecule has 1 aromatic heterocycles. The molecular weight excluding hydrogens is 278 g/mol. The predicted molar refractivity (Wildman–Crippen MR) is 85.9 cm³/mol. The number of aromatic nitrogens is 2. The number of aryl methyl sites for hydroxylation is 1. The van der Waals surface area contributed by atoms with Crippen molar-refractivity contribution in [1.29, 1.82) is 0 Å². The maximum absolute atomic E-state index is 12.2. The first kappa shape index (κ1) is 15.5. The van der Waals surface area contributed by atoms with Gasteiger partial charge in [0.1, 0.15) is 5.69 Å². The van der Waals surface area contributed by atoms with Crippen LogP contribution in [0, 0.1) is 6.92 Å². The van der Waals surface area contributed by atoms with Gasteiger partial charge in [0, 0.05) is 24.3 Å². The van der Waals surface area contributed by atoms with Gasteiger partial charge in [0.15, 0.2) is 0 Å². The Hall–Kier alpha value is -1.40. The quantitative estimate of drug-likeness (QED) is 0.875. The van der Waals surface area contributed by atoms with E-state index in [0.717, 1.165) is 25.1 Å². The number of piperidine rings is 2. The monoisotopic (exact) mass is 305 g/mol. The van der Waals surface area contributed by atoms with E-state index < -0.39 is 0 Å². The van der Waals surface area contributed by atoms with Crippen molar-refractivity contribution in [2.24, 2.45) is 0 Å². The number of nitrogens with one attached hydrogen (secondary N) is 2. The van der Waals surface area contributed by atoms with Gasteiger partial charge in [-0.2, -0.15) is 5.10 Å². The van der Waals surface area contributed by atoms with Gasteiger partial charge in [-0.15, -0.1) is 0 Å². The first-order valence-corrected chi connectivity index (χ1v) is 8.37. The topological polar surface area (TPSA) is 64.3 Å². The molecule has 3 heterocycles. The first-order valence-electron chi connectivity index (χ1n) is 8.37. The Morgan fingerprint density at radius 1 is 1.32 bits per heavy atom. The van der Waals surface area contributed by atoms with E-state index in [9.17, 15) is 4.79 Å². The van der Waals surface area contributed by atoms with Crippen molar-refractivity contribution < 1.29 is 4.79 Å². The van der Waals surface area contributed by atoms with Crippen molar-refractivity contribution in [2.45, 2.75) is 44.7 Å². The molecule has 6 nitrogen and oxygen atoms in total. The fourth-order valence-electron chi connectivity index (χ4n) is 3.61. The third-order valence-electron chi connectivity index (χ3n) is 4.93. The van der Waals surface area contributed by atoms with Crippen LogP contribution in [0.4, 0.5) is 0 Å². The van der Waals surface area contributed by atoms with Crippen LogP contribution in [0.1, 0.15) is 41.9 Å². The molecule has 122 valence electrons. The van der Waals surface area contributed by atoms with Gasteiger partial charge in [-0.25, -0.2) is 0 Å². The molecule has 0 bridgehead atoms. The minimum Gasteiger partial charge on any atom is -0.347 e. The minimum absolute atomic E-state index is 0.0559. The molecule has 2 fully saturated rings. The average Bonchev–Trinajstić information content (AvgIpc) is 2.95. The molecule has 1 amide bonds. The number of nitrogens with zero attached hydrogens (tertiary/aromatic N) is 3. The zero-order valence-corrected chi connectivity index (χ0v) is 13.6. The maximum Gasteiger partial charge on any atom is 0.272 e. The zero-order chi connectivity index (χ0) is 15.5. The Morgan fingerprint density at radius 3 is 2.77 bits per heavy atom. The number of aromatic amines is 1. The van der Waals surface area contributed by atoms with Crippen LogP contribution < -0.4 is 5.32 Å². The Balaban J connectivity index is 1.53. The normalized spacial score (nSPS) is 25.3. The summed E-state index contributed by atoms with van der Waals surface area (Å²) in [7, 11) is 2.20. The molecule has 0 aromatic carbocycles. The van der Waals surface area contributed by atoms with Crippen molar-refractivity contribution in [3.63, 3.8) is 0 Å². The Bertz CT molecular complexity index is 506. The van der Waals surface area contributed by atoms with Crippen LogP contribution in [0.5, 0.6) is 0 Å². The first-order chi connectivity index (χ1) is 10.6. The number of hydrogen-bond acceptors (Lipinski definition) is 4. The Kier molecular flexibility index (Phi) is 4.78. The lowest BCUT2D eigenvalue weighted by Crippen LogP contribution is -2.53. The van der Waals surface area contributed by atoms with E-state index >= 15 is 0 Å². The lowest BCUT2D eigenvalue weighted by molar-refractivity contribution is 0.0763. The van der Waals surface area contributed by atoms with Gasteiger partial charge in [-0.05, 0) is 65.4 Å². The van der Waals surface area contributed by atoms with E-state index in [2.05, 4.69) is 32.4 Å². The summed E-state index contributed by atoms with van der Waals surface area (Å²) in [6.07, 6.45) is 4.72. The highest BCUT2D eigenvalue weighted by molar-refractivity contribution is 5.92. The van der Waals surface area contributed by atoms with E-state index in [1.165, 1.54) is 32.5 Å². The molecule has 1 unspecified atom stereocenters. The van der Waals surface area contributed by atoms with Crippen molar-refractivity contribution in [1.82, 2.24) is 25.3 Å². The number of hydrogen-bond donors (Lipinski definition) is 2. The summed E-state index contributed by atoms with van der Waals surface area (Å²) in [5.74, 6) is -0.0559. The maximum atomic E-state index is 12.2. The van der Waals surface area contributed by atoms with Crippen LogP contribution in [-0.2, 0) is 0 Å². The molecule has 22 heavy (non-hydrogen) atoms. The van der Waals surface area contributed by atoms with E-state index in [1.807, 2.05) is 6.92 Å². The largest absolute Gasteiger partial charge is 0.347 e. The average molecular weight is 305 g/mol. The molecule has 2 aliphatic heterocycles. The van der Waals surface area contributed by atoms with E-state index in [-0.39, 0.29) is 11.9 Å². The van der Waals surface area contributed by atoms with Crippen molar-refractivity contribution in [3.05, 3.63) is 17.5 Å². The summed E-state index contributed by atoms with van der Waals surface area (Å²) in [4.78, 5) is 17.2. The van der Waals surface area contributed by atoms with Gasteiger partial charge in [0.25, 0.3) is 5.91 Å². The molecule has 0 spiro atoms. The van der Waals surface area contributed by atoms with Gasteiger partial charge in [0.2, 0.25) is 0 Å². The summed E-state index contributed by atoms with van der Waals surface area (Å²) < 4.78 is 0. The number of likely N-dealkylation sites (tertiary alicyclic amines) is 2. The molecule has 3 rings (SSSR count). The Labute approximate surface area is 132 Å². The van der Waals surface area contributed by atoms with Crippen molar-refractivity contribution >= 4 is 5.91 Å². The molecule has 0 radical (unpaired) electrons. The summed E-state index contributed by atoms with van der Waals surface area (Å²) in [5.41, 5.74) is 1.41. The molecule has 1 aromatic rings. The standard InChI is InChI=1S/C16H27N5O/c1-12-10-15(19-18-12)16(22)17-13-4-3-7-21(11-13)14-5-8-20(2)9-6-14/h10,13-14H,3-9,11H2,1-2H3,(H,17,22)(H,18,19). The number of amides is 1. The van der Waals surface area contributed by atoms with E-state index in [0.29, 0.717) is 11.7 Å².